The Hall–Kier alpha value is -0.120. The van der Waals surface area contributed by atoms with E-state index < -0.39 is 0 Å². The molecule has 0 aliphatic heterocycles. The van der Waals surface area contributed by atoms with E-state index in [-0.39, 0.29) is 0 Å². The van der Waals surface area contributed by atoms with Crippen LogP contribution in [-0.4, -0.2) is 32.5 Å². The Labute approximate surface area is 80.6 Å². The van der Waals surface area contributed by atoms with Gasteiger partial charge < -0.3 is 15.2 Å². The van der Waals surface area contributed by atoms with E-state index in [0.29, 0.717) is 12.2 Å². The van der Waals surface area contributed by atoms with Crippen molar-refractivity contribution in [1.29, 1.82) is 0 Å². The zero-order valence-electron chi connectivity index (χ0n) is 8.50. The molecule has 1 saturated carbocycles. The molecule has 0 aromatic rings. The molecule has 1 rings (SSSR count). The van der Waals surface area contributed by atoms with E-state index in [4.69, 9.17) is 15.2 Å². The van der Waals surface area contributed by atoms with Gasteiger partial charge in [-0.3, -0.25) is 0 Å². The van der Waals surface area contributed by atoms with Gasteiger partial charge >= 0.3 is 0 Å². The first kappa shape index (κ1) is 11.0. The third-order valence-corrected chi connectivity index (χ3v) is 2.61. The molecule has 1 fully saturated rings. The Bertz CT molecular complexity index is 130. The van der Waals surface area contributed by atoms with Crippen molar-refractivity contribution in [1.82, 2.24) is 0 Å². The van der Waals surface area contributed by atoms with Crippen LogP contribution in [0.25, 0.3) is 0 Å². The molecule has 78 valence electrons. The summed E-state index contributed by atoms with van der Waals surface area (Å²) in [4.78, 5) is 0. The van der Waals surface area contributed by atoms with Crippen molar-refractivity contribution in [3.05, 3.63) is 0 Å². The van der Waals surface area contributed by atoms with Gasteiger partial charge in [-0.25, -0.2) is 0 Å². The van der Waals surface area contributed by atoms with Gasteiger partial charge in [0.25, 0.3) is 0 Å². The van der Waals surface area contributed by atoms with Crippen LogP contribution in [0.3, 0.4) is 0 Å². The van der Waals surface area contributed by atoms with Gasteiger partial charge in [-0.1, -0.05) is 0 Å². The summed E-state index contributed by atoms with van der Waals surface area (Å²) in [6.07, 6.45) is 6.44. The number of ether oxygens (including phenoxy) is 2. The van der Waals surface area contributed by atoms with Gasteiger partial charge in [0.1, 0.15) is 0 Å². The Balaban J connectivity index is 2.11. The predicted octanol–water partition coefficient (Wildman–Crippen LogP) is 1.31. The van der Waals surface area contributed by atoms with Crippen LogP contribution in [0.4, 0.5) is 0 Å². The van der Waals surface area contributed by atoms with Crippen molar-refractivity contribution in [3.63, 3.8) is 0 Å². The lowest BCUT2D eigenvalue weighted by molar-refractivity contribution is -0.0294. The second-order valence-electron chi connectivity index (χ2n) is 3.66. The molecule has 2 unspecified atom stereocenters. The molecule has 0 bridgehead atoms. The number of nitrogens with two attached hydrogens (primary N) is 1. The van der Waals surface area contributed by atoms with Crippen LogP contribution in [0.15, 0.2) is 0 Å². The van der Waals surface area contributed by atoms with Gasteiger partial charge in [-0.05, 0) is 38.6 Å². The van der Waals surface area contributed by atoms with E-state index in [1.165, 1.54) is 19.3 Å². The maximum Gasteiger partial charge on any atom is 0.0599 e. The summed E-state index contributed by atoms with van der Waals surface area (Å²) in [5.74, 6) is 0. The van der Waals surface area contributed by atoms with Crippen LogP contribution in [0, 0.1) is 0 Å². The van der Waals surface area contributed by atoms with Gasteiger partial charge in [0.05, 0.1) is 12.2 Å². The smallest absolute Gasteiger partial charge is 0.0599 e. The van der Waals surface area contributed by atoms with Crippen LogP contribution < -0.4 is 5.73 Å². The molecule has 0 heterocycles. The number of hydrogen-bond acceptors (Lipinski definition) is 3. The fraction of sp³-hybridized carbons (Fsp3) is 1.00. The zero-order chi connectivity index (χ0) is 9.52. The van der Waals surface area contributed by atoms with Crippen molar-refractivity contribution in [2.75, 3.05) is 20.3 Å². The lowest BCUT2D eigenvalue weighted by Crippen LogP contribution is -2.28. The van der Waals surface area contributed by atoms with Gasteiger partial charge in [-0.2, -0.15) is 0 Å². The number of methoxy groups -OCH3 is 1. The molecule has 13 heavy (non-hydrogen) atoms. The average Bonchev–Trinajstić information content (AvgIpc) is 2.19. The lowest BCUT2D eigenvalue weighted by Gasteiger charge is -2.28. The van der Waals surface area contributed by atoms with Crippen molar-refractivity contribution >= 4 is 0 Å². The fourth-order valence-electron chi connectivity index (χ4n) is 1.80. The van der Waals surface area contributed by atoms with Crippen LogP contribution in [0.5, 0.6) is 0 Å². The minimum absolute atomic E-state index is 0.408. The fourth-order valence-corrected chi connectivity index (χ4v) is 1.80. The van der Waals surface area contributed by atoms with E-state index in [2.05, 4.69) is 0 Å². The summed E-state index contributed by atoms with van der Waals surface area (Å²) >= 11 is 0. The molecule has 1 aliphatic rings. The van der Waals surface area contributed by atoms with E-state index in [0.717, 1.165) is 26.0 Å². The van der Waals surface area contributed by atoms with E-state index in [1.807, 2.05) is 0 Å². The van der Waals surface area contributed by atoms with Crippen molar-refractivity contribution in [2.24, 2.45) is 5.73 Å². The lowest BCUT2D eigenvalue weighted by atomic mass is 9.95. The van der Waals surface area contributed by atoms with Crippen LogP contribution in [0.1, 0.15) is 32.1 Å². The highest BCUT2D eigenvalue weighted by Crippen LogP contribution is 2.22. The topological polar surface area (TPSA) is 44.5 Å². The van der Waals surface area contributed by atoms with Gasteiger partial charge in [0.15, 0.2) is 0 Å². The summed E-state index contributed by atoms with van der Waals surface area (Å²) in [6.45, 7) is 1.53. The average molecular weight is 187 g/mol. The van der Waals surface area contributed by atoms with Crippen LogP contribution in [-0.2, 0) is 9.47 Å². The third kappa shape index (κ3) is 4.07. The minimum atomic E-state index is 0.408. The van der Waals surface area contributed by atoms with E-state index in [1.54, 1.807) is 7.11 Å². The molecule has 0 radical (unpaired) electrons. The Morgan fingerprint density at radius 2 is 2.08 bits per heavy atom. The number of hydrogen-bond donors (Lipinski definition) is 1. The summed E-state index contributed by atoms with van der Waals surface area (Å²) in [6, 6.07) is 0. The maximum atomic E-state index is 5.70. The first-order valence-corrected chi connectivity index (χ1v) is 5.21. The minimum Gasteiger partial charge on any atom is -0.381 e. The standard InChI is InChI=1S/C10H21NO2/c1-12-9-4-2-5-10(8-9)13-7-3-6-11/h9-10H,2-8,11H2,1H3. The monoisotopic (exact) mass is 187 g/mol. The van der Waals surface area contributed by atoms with Crippen molar-refractivity contribution in [2.45, 2.75) is 44.3 Å². The first-order chi connectivity index (χ1) is 6.36. The molecular weight excluding hydrogens is 166 g/mol. The highest BCUT2D eigenvalue weighted by Gasteiger charge is 2.21. The second kappa shape index (κ2) is 6.35. The molecule has 0 saturated heterocycles. The Kier molecular flexibility index (Phi) is 5.35. The third-order valence-electron chi connectivity index (χ3n) is 2.61. The molecule has 2 atom stereocenters. The summed E-state index contributed by atoms with van der Waals surface area (Å²) in [5.41, 5.74) is 5.39. The second-order valence-corrected chi connectivity index (χ2v) is 3.66. The maximum absolute atomic E-state index is 5.70. The summed E-state index contributed by atoms with van der Waals surface area (Å²) in [7, 11) is 1.78. The van der Waals surface area contributed by atoms with Gasteiger partial charge in [-0.15, -0.1) is 0 Å². The van der Waals surface area contributed by atoms with Gasteiger partial charge in [0.2, 0.25) is 0 Å². The molecular formula is C10H21NO2. The van der Waals surface area contributed by atoms with Crippen LogP contribution >= 0.6 is 0 Å². The Morgan fingerprint density at radius 3 is 2.77 bits per heavy atom. The molecule has 3 nitrogen and oxygen atoms in total. The zero-order valence-corrected chi connectivity index (χ0v) is 8.50. The highest BCUT2D eigenvalue weighted by molar-refractivity contribution is 4.73. The number of rotatable bonds is 5. The molecule has 0 aromatic carbocycles. The SMILES string of the molecule is COC1CCCC(OCCCN)C1. The van der Waals surface area contributed by atoms with Gasteiger partial charge in [0, 0.05) is 13.7 Å². The summed E-state index contributed by atoms with van der Waals surface area (Å²) < 4.78 is 11.0. The summed E-state index contributed by atoms with van der Waals surface area (Å²) in [5, 5.41) is 0. The quantitative estimate of drug-likeness (QED) is 0.660. The first-order valence-electron chi connectivity index (χ1n) is 5.21. The van der Waals surface area contributed by atoms with E-state index in [9.17, 15) is 0 Å². The molecule has 0 amide bonds. The molecule has 0 aromatic heterocycles. The Morgan fingerprint density at radius 1 is 1.31 bits per heavy atom. The molecule has 0 spiro atoms. The van der Waals surface area contributed by atoms with E-state index >= 15 is 0 Å². The predicted molar refractivity (Wildman–Crippen MR) is 52.7 cm³/mol. The van der Waals surface area contributed by atoms with Crippen molar-refractivity contribution in [3.8, 4) is 0 Å². The largest absolute Gasteiger partial charge is 0.381 e. The van der Waals surface area contributed by atoms with Crippen molar-refractivity contribution < 1.29 is 9.47 Å². The molecule has 1 aliphatic carbocycles. The molecule has 3 heteroatoms. The normalized spacial score (nSPS) is 29.1. The molecule has 2 N–H and O–H groups in total. The van der Waals surface area contributed by atoms with Crippen LogP contribution in [0.2, 0.25) is 0 Å². The highest BCUT2D eigenvalue weighted by atomic mass is 16.5.